The minimum atomic E-state index is -0.345. The number of aryl methyl sites for hydroxylation is 2. The summed E-state index contributed by atoms with van der Waals surface area (Å²) in [5, 5.41) is 3.98. The molecule has 0 spiro atoms. The van der Waals surface area contributed by atoms with Gasteiger partial charge in [-0.2, -0.15) is 0 Å². The first-order chi connectivity index (χ1) is 12.0. The lowest BCUT2D eigenvalue weighted by Crippen LogP contribution is -2.45. The fraction of sp³-hybridized carbons (Fsp3) is 0.222. The predicted octanol–water partition coefficient (Wildman–Crippen LogP) is 3.61. The average Bonchev–Trinajstić information content (AvgIpc) is 2.59. The highest BCUT2D eigenvalue weighted by atomic mass is 35.5. The molecule has 0 bridgehead atoms. The zero-order valence-electron chi connectivity index (χ0n) is 14.1. The van der Waals surface area contributed by atoms with Gasteiger partial charge in [-0.05, 0) is 61.0 Å². The van der Waals surface area contributed by atoms with Crippen molar-refractivity contribution >= 4 is 40.5 Å². The van der Waals surface area contributed by atoms with Crippen LogP contribution in [0.25, 0.3) is 0 Å². The number of carbonyl (C=O) groups is 1. The van der Waals surface area contributed by atoms with E-state index in [4.69, 9.17) is 28.6 Å². The lowest BCUT2D eigenvalue weighted by molar-refractivity contribution is -0.123. The van der Waals surface area contributed by atoms with Crippen LogP contribution >= 0.6 is 23.8 Å². The molecule has 2 aromatic carbocycles. The number of hydrogen-bond donors (Lipinski definition) is 3. The van der Waals surface area contributed by atoms with Crippen molar-refractivity contribution < 1.29 is 9.53 Å². The van der Waals surface area contributed by atoms with Crippen molar-refractivity contribution in [3.8, 4) is 5.75 Å². The third-order valence-corrected chi connectivity index (χ3v) is 3.90. The second kappa shape index (κ2) is 9.25. The number of hydrogen-bond acceptors (Lipinski definition) is 3. The number of halogens is 1. The SMILES string of the molecule is CCc1ccccc1NC(=S)NNC(=O)COc1ccc(Cl)cc1C. The van der Waals surface area contributed by atoms with E-state index in [0.717, 1.165) is 23.2 Å². The monoisotopic (exact) mass is 377 g/mol. The van der Waals surface area contributed by atoms with Crippen LogP contribution in [0, 0.1) is 6.92 Å². The smallest absolute Gasteiger partial charge is 0.276 e. The van der Waals surface area contributed by atoms with Crippen molar-refractivity contribution in [1.82, 2.24) is 10.9 Å². The highest BCUT2D eigenvalue weighted by Crippen LogP contribution is 2.21. The summed E-state index contributed by atoms with van der Waals surface area (Å²) >= 11 is 11.1. The van der Waals surface area contributed by atoms with Crippen molar-refractivity contribution in [3.63, 3.8) is 0 Å². The van der Waals surface area contributed by atoms with Gasteiger partial charge in [0.15, 0.2) is 11.7 Å². The highest BCUT2D eigenvalue weighted by Gasteiger charge is 2.07. The van der Waals surface area contributed by atoms with Gasteiger partial charge in [0.05, 0.1) is 0 Å². The van der Waals surface area contributed by atoms with Crippen LogP contribution in [0.15, 0.2) is 42.5 Å². The second-order valence-electron chi connectivity index (χ2n) is 5.34. The van der Waals surface area contributed by atoms with Crippen LogP contribution < -0.4 is 20.9 Å². The van der Waals surface area contributed by atoms with Crippen molar-refractivity contribution in [2.75, 3.05) is 11.9 Å². The number of benzene rings is 2. The Morgan fingerprint density at radius 2 is 1.96 bits per heavy atom. The first-order valence-corrected chi connectivity index (χ1v) is 8.61. The van der Waals surface area contributed by atoms with Crippen LogP contribution in [0.3, 0.4) is 0 Å². The fourth-order valence-corrected chi connectivity index (χ4v) is 2.57. The molecule has 25 heavy (non-hydrogen) atoms. The van der Waals surface area contributed by atoms with Gasteiger partial charge in [-0.1, -0.05) is 36.7 Å². The van der Waals surface area contributed by atoms with Gasteiger partial charge in [0, 0.05) is 10.7 Å². The molecule has 0 aliphatic heterocycles. The van der Waals surface area contributed by atoms with E-state index >= 15 is 0 Å². The van der Waals surface area contributed by atoms with Crippen LogP contribution in [0.2, 0.25) is 5.02 Å². The van der Waals surface area contributed by atoms with Gasteiger partial charge in [0.25, 0.3) is 5.91 Å². The van der Waals surface area contributed by atoms with Gasteiger partial charge in [0.2, 0.25) is 0 Å². The Balaban J connectivity index is 1.78. The predicted molar refractivity (Wildman–Crippen MR) is 105 cm³/mol. The van der Waals surface area contributed by atoms with Gasteiger partial charge in [-0.3, -0.25) is 15.6 Å². The molecule has 2 aromatic rings. The van der Waals surface area contributed by atoms with E-state index < -0.39 is 0 Å². The summed E-state index contributed by atoms with van der Waals surface area (Å²) in [6.07, 6.45) is 0.881. The van der Waals surface area contributed by atoms with E-state index in [0.29, 0.717) is 15.9 Å². The van der Waals surface area contributed by atoms with Gasteiger partial charge >= 0.3 is 0 Å². The number of anilines is 1. The lowest BCUT2D eigenvalue weighted by atomic mass is 10.1. The average molecular weight is 378 g/mol. The van der Waals surface area contributed by atoms with E-state index in [1.807, 2.05) is 31.2 Å². The van der Waals surface area contributed by atoms with E-state index in [2.05, 4.69) is 23.1 Å². The van der Waals surface area contributed by atoms with Gasteiger partial charge < -0.3 is 10.1 Å². The third-order valence-electron chi connectivity index (χ3n) is 3.46. The minimum absolute atomic E-state index is 0.135. The first kappa shape index (κ1) is 19.0. The van der Waals surface area contributed by atoms with Gasteiger partial charge in [0.1, 0.15) is 5.75 Å². The molecule has 0 aliphatic rings. The zero-order valence-corrected chi connectivity index (χ0v) is 15.6. The number of amides is 1. The summed E-state index contributed by atoms with van der Waals surface area (Å²) in [4.78, 5) is 11.9. The van der Waals surface area contributed by atoms with Crippen molar-refractivity contribution in [2.24, 2.45) is 0 Å². The number of thiocarbonyl (C=S) groups is 1. The quantitative estimate of drug-likeness (QED) is 0.549. The Hall–Kier alpha value is -2.31. The molecule has 0 aromatic heterocycles. The van der Waals surface area contributed by atoms with Crippen LogP contribution in [-0.4, -0.2) is 17.6 Å². The highest BCUT2D eigenvalue weighted by molar-refractivity contribution is 7.80. The maximum Gasteiger partial charge on any atom is 0.276 e. The van der Waals surface area contributed by atoms with Crippen LogP contribution in [-0.2, 0) is 11.2 Å². The molecule has 1 amide bonds. The largest absolute Gasteiger partial charge is 0.483 e. The molecular weight excluding hydrogens is 358 g/mol. The number of ether oxygens (including phenoxy) is 1. The molecule has 0 radical (unpaired) electrons. The number of rotatable bonds is 5. The summed E-state index contributed by atoms with van der Waals surface area (Å²) in [5.74, 6) is 0.263. The van der Waals surface area contributed by atoms with Crippen LogP contribution in [0.1, 0.15) is 18.1 Å². The summed E-state index contributed by atoms with van der Waals surface area (Å²) < 4.78 is 5.47. The van der Waals surface area contributed by atoms with Gasteiger partial charge in [-0.15, -0.1) is 0 Å². The van der Waals surface area contributed by atoms with Crippen LogP contribution in [0.5, 0.6) is 5.75 Å². The van der Waals surface area contributed by atoms with Gasteiger partial charge in [-0.25, -0.2) is 0 Å². The van der Waals surface area contributed by atoms with Crippen molar-refractivity contribution in [1.29, 1.82) is 0 Å². The molecule has 5 nitrogen and oxygen atoms in total. The van der Waals surface area contributed by atoms with E-state index in [1.165, 1.54) is 0 Å². The summed E-state index contributed by atoms with van der Waals surface area (Å²) in [7, 11) is 0. The molecule has 0 atom stereocenters. The van der Waals surface area contributed by atoms with Crippen molar-refractivity contribution in [3.05, 3.63) is 58.6 Å². The summed E-state index contributed by atoms with van der Waals surface area (Å²) in [6, 6.07) is 13.1. The molecule has 0 saturated heterocycles. The van der Waals surface area contributed by atoms with E-state index in [-0.39, 0.29) is 12.5 Å². The molecule has 2 rings (SSSR count). The Bertz CT molecular complexity index is 768. The molecule has 7 heteroatoms. The molecule has 132 valence electrons. The molecule has 0 fully saturated rings. The normalized spacial score (nSPS) is 10.0. The number of nitrogens with one attached hydrogen (secondary N) is 3. The van der Waals surface area contributed by atoms with E-state index in [1.54, 1.807) is 18.2 Å². The topological polar surface area (TPSA) is 62.4 Å². The Morgan fingerprint density at radius 3 is 2.68 bits per heavy atom. The molecule has 3 N–H and O–H groups in total. The maximum atomic E-state index is 11.9. The minimum Gasteiger partial charge on any atom is -0.483 e. The summed E-state index contributed by atoms with van der Waals surface area (Å²) in [5.41, 5.74) is 8.07. The Labute approximate surface area is 157 Å². The third kappa shape index (κ3) is 5.92. The number of para-hydroxylation sites is 1. The molecule has 0 saturated carbocycles. The van der Waals surface area contributed by atoms with Crippen LogP contribution in [0.4, 0.5) is 5.69 Å². The maximum absolute atomic E-state index is 11.9. The first-order valence-electron chi connectivity index (χ1n) is 7.82. The van der Waals surface area contributed by atoms with Crippen molar-refractivity contribution in [2.45, 2.75) is 20.3 Å². The molecule has 0 heterocycles. The number of hydrazine groups is 1. The Kier molecular flexibility index (Phi) is 7.03. The molecular formula is C18H20ClN3O2S. The standard InChI is InChI=1S/C18H20ClN3O2S/c1-3-13-6-4-5-7-15(13)20-18(25)22-21-17(23)11-24-16-9-8-14(19)10-12(16)2/h4-10H,3,11H2,1-2H3,(H,21,23)(H2,20,22,25). The Morgan fingerprint density at radius 1 is 1.20 bits per heavy atom. The molecule has 0 aliphatic carbocycles. The second-order valence-corrected chi connectivity index (χ2v) is 6.18. The zero-order chi connectivity index (χ0) is 18.2. The fourth-order valence-electron chi connectivity index (χ4n) is 2.18. The number of carbonyl (C=O) groups excluding carboxylic acids is 1. The lowest BCUT2D eigenvalue weighted by Gasteiger charge is -2.14. The summed E-state index contributed by atoms with van der Waals surface area (Å²) in [6.45, 7) is 3.79. The molecule has 0 unspecified atom stereocenters. The van der Waals surface area contributed by atoms with E-state index in [9.17, 15) is 4.79 Å².